The molecule has 1 aliphatic rings. The second-order valence-corrected chi connectivity index (χ2v) is 5.86. The molecule has 1 fully saturated rings. The SMILES string of the molecule is C[n+]1cc(C(=O)NCC[N+]2(C)CCOCC2)ccc1/C=N/O. The fourth-order valence-electron chi connectivity index (χ4n) is 2.50. The molecule has 0 aliphatic carbocycles. The van der Waals surface area contributed by atoms with Crippen LogP contribution in [0.3, 0.4) is 0 Å². The van der Waals surface area contributed by atoms with Gasteiger partial charge in [0, 0.05) is 6.07 Å². The van der Waals surface area contributed by atoms with Crippen LogP contribution < -0.4 is 9.88 Å². The van der Waals surface area contributed by atoms with Gasteiger partial charge in [-0.3, -0.25) is 4.79 Å². The van der Waals surface area contributed by atoms with E-state index in [1.165, 1.54) is 6.21 Å². The molecule has 7 heteroatoms. The smallest absolute Gasteiger partial charge is 0.257 e. The molecule has 22 heavy (non-hydrogen) atoms. The van der Waals surface area contributed by atoms with Crippen molar-refractivity contribution in [1.82, 2.24) is 5.32 Å². The lowest BCUT2D eigenvalue weighted by molar-refractivity contribution is -0.915. The molecule has 1 aliphatic heterocycles. The number of hydrogen-bond donors (Lipinski definition) is 2. The van der Waals surface area contributed by atoms with E-state index in [1.54, 1.807) is 29.9 Å². The van der Waals surface area contributed by atoms with Gasteiger partial charge in [0.25, 0.3) is 5.91 Å². The quantitative estimate of drug-likeness (QED) is 0.254. The van der Waals surface area contributed by atoms with E-state index < -0.39 is 0 Å². The third kappa shape index (κ3) is 4.25. The molecular formula is C15H24N4O3+2. The number of quaternary nitrogens is 1. The third-order valence-corrected chi connectivity index (χ3v) is 4.11. The van der Waals surface area contributed by atoms with Crippen molar-refractivity contribution in [2.45, 2.75) is 0 Å². The van der Waals surface area contributed by atoms with E-state index in [0.29, 0.717) is 17.8 Å². The van der Waals surface area contributed by atoms with Crippen LogP contribution in [0.1, 0.15) is 16.1 Å². The van der Waals surface area contributed by atoms with Crippen LogP contribution in [-0.2, 0) is 11.8 Å². The van der Waals surface area contributed by atoms with Gasteiger partial charge in [0.2, 0.25) is 5.69 Å². The molecule has 2 N–H and O–H groups in total. The predicted octanol–water partition coefficient (Wildman–Crippen LogP) is -0.474. The molecule has 2 rings (SSSR count). The lowest BCUT2D eigenvalue weighted by atomic mass is 10.2. The van der Waals surface area contributed by atoms with Gasteiger partial charge in [0.05, 0.1) is 33.4 Å². The maximum absolute atomic E-state index is 12.2. The summed E-state index contributed by atoms with van der Waals surface area (Å²) < 4.78 is 8.04. The molecule has 1 aromatic heterocycles. The Morgan fingerprint density at radius 1 is 1.50 bits per heavy atom. The number of aromatic nitrogens is 1. The number of nitrogens with one attached hydrogen (secondary N) is 1. The van der Waals surface area contributed by atoms with Gasteiger partial charge in [-0.05, 0) is 6.07 Å². The summed E-state index contributed by atoms with van der Waals surface area (Å²) >= 11 is 0. The maximum atomic E-state index is 12.2. The van der Waals surface area contributed by atoms with E-state index in [9.17, 15) is 4.79 Å². The van der Waals surface area contributed by atoms with Crippen molar-refractivity contribution in [3.8, 4) is 0 Å². The van der Waals surface area contributed by atoms with Gasteiger partial charge >= 0.3 is 0 Å². The first-order valence-corrected chi connectivity index (χ1v) is 7.41. The first-order valence-electron chi connectivity index (χ1n) is 7.41. The van der Waals surface area contributed by atoms with E-state index in [1.807, 2.05) is 0 Å². The van der Waals surface area contributed by atoms with Gasteiger partial charge in [0.1, 0.15) is 31.9 Å². The summed E-state index contributed by atoms with van der Waals surface area (Å²) in [6.45, 7) is 5.08. The summed E-state index contributed by atoms with van der Waals surface area (Å²) in [7, 11) is 3.99. The van der Waals surface area contributed by atoms with E-state index in [0.717, 1.165) is 37.3 Å². The number of aryl methyl sites for hydroxylation is 1. The normalized spacial score (nSPS) is 17.5. The molecule has 0 saturated carbocycles. The molecule has 0 atom stereocenters. The molecule has 2 heterocycles. The van der Waals surface area contributed by atoms with Crippen molar-refractivity contribution in [2.24, 2.45) is 12.2 Å². The van der Waals surface area contributed by atoms with Gasteiger partial charge in [-0.15, -0.1) is 0 Å². The highest BCUT2D eigenvalue weighted by atomic mass is 16.5. The second-order valence-electron chi connectivity index (χ2n) is 5.86. The number of oxime groups is 1. The van der Waals surface area contributed by atoms with Crippen LogP contribution >= 0.6 is 0 Å². The number of likely N-dealkylation sites (N-methyl/N-ethyl adjacent to an activating group) is 1. The molecule has 0 unspecified atom stereocenters. The number of ether oxygens (including phenoxy) is 1. The van der Waals surface area contributed by atoms with E-state index in [4.69, 9.17) is 9.94 Å². The highest BCUT2D eigenvalue weighted by Gasteiger charge is 2.25. The largest absolute Gasteiger partial charge is 0.411 e. The highest BCUT2D eigenvalue weighted by molar-refractivity contribution is 5.93. The molecule has 1 aromatic rings. The first kappa shape index (κ1) is 16.4. The van der Waals surface area contributed by atoms with E-state index >= 15 is 0 Å². The lowest BCUT2D eigenvalue weighted by Crippen LogP contribution is -2.54. The summed E-state index contributed by atoms with van der Waals surface area (Å²) in [6.07, 6.45) is 3.04. The first-order chi connectivity index (χ1) is 10.5. The standard InChI is InChI=1S/C15H22N4O3/c1-18-12-13(3-4-14(18)11-17-21)15(20)16-5-6-19(2)7-9-22-10-8-19/h3-4,11-12H,5-10H2,1-2H3/p+2. The molecule has 0 radical (unpaired) electrons. The van der Waals surface area contributed by atoms with Crippen LogP contribution in [0.25, 0.3) is 0 Å². The molecule has 0 aromatic carbocycles. The Hall–Kier alpha value is -1.99. The van der Waals surface area contributed by atoms with Gasteiger partial charge in [0.15, 0.2) is 6.20 Å². The fourth-order valence-corrected chi connectivity index (χ4v) is 2.50. The zero-order valence-corrected chi connectivity index (χ0v) is 13.2. The van der Waals surface area contributed by atoms with Crippen LogP contribution in [0.5, 0.6) is 0 Å². The zero-order valence-electron chi connectivity index (χ0n) is 13.2. The molecule has 1 saturated heterocycles. The number of rotatable bonds is 5. The average Bonchev–Trinajstić information content (AvgIpc) is 2.50. The predicted molar refractivity (Wildman–Crippen MR) is 80.9 cm³/mol. The van der Waals surface area contributed by atoms with Gasteiger partial charge in [-0.25, -0.2) is 0 Å². The number of amides is 1. The maximum Gasteiger partial charge on any atom is 0.257 e. The monoisotopic (exact) mass is 308 g/mol. The highest BCUT2D eigenvalue weighted by Crippen LogP contribution is 2.06. The van der Waals surface area contributed by atoms with Crippen molar-refractivity contribution >= 4 is 12.1 Å². The Balaban J connectivity index is 1.88. The Kier molecular flexibility index (Phi) is 5.46. The molecule has 0 spiro atoms. The summed E-state index contributed by atoms with van der Waals surface area (Å²) in [4.78, 5) is 12.2. The number of hydrogen-bond acceptors (Lipinski definition) is 4. The number of carbonyl (C=O) groups is 1. The molecule has 1 amide bonds. The van der Waals surface area contributed by atoms with Crippen molar-refractivity contribution in [3.05, 3.63) is 29.6 Å². The van der Waals surface area contributed by atoms with E-state index in [2.05, 4.69) is 17.5 Å². The van der Waals surface area contributed by atoms with Gasteiger partial charge < -0.3 is 19.7 Å². The van der Waals surface area contributed by atoms with Gasteiger partial charge in [-0.2, -0.15) is 4.57 Å². The second kappa shape index (κ2) is 7.33. The third-order valence-electron chi connectivity index (χ3n) is 4.11. The number of morpholine rings is 1. The molecule has 0 bridgehead atoms. The van der Waals surface area contributed by atoms with Crippen LogP contribution in [0.4, 0.5) is 0 Å². The van der Waals surface area contributed by atoms with Crippen LogP contribution in [0.2, 0.25) is 0 Å². The Morgan fingerprint density at radius 2 is 2.23 bits per heavy atom. The average molecular weight is 308 g/mol. The number of pyridine rings is 1. The number of carbonyl (C=O) groups excluding carboxylic acids is 1. The summed E-state index contributed by atoms with van der Waals surface area (Å²) in [5.74, 6) is -0.0945. The van der Waals surface area contributed by atoms with Crippen molar-refractivity contribution < 1.29 is 23.8 Å². The lowest BCUT2D eigenvalue weighted by Gasteiger charge is -2.37. The van der Waals surface area contributed by atoms with Gasteiger partial charge in [-0.1, -0.05) is 5.16 Å². The summed E-state index contributed by atoms with van der Waals surface area (Å²) in [6, 6.07) is 3.46. The minimum Gasteiger partial charge on any atom is -0.411 e. The van der Waals surface area contributed by atoms with E-state index in [-0.39, 0.29) is 5.91 Å². The topological polar surface area (TPSA) is 74.8 Å². The minimum absolute atomic E-state index is 0.0945. The van der Waals surface area contributed by atoms with Crippen molar-refractivity contribution in [3.63, 3.8) is 0 Å². The van der Waals surface area contributed by atoms with Crippen molar-refractivity contribution in [1.29, 1.82) is 0 Å². The Labute approximate surface area is 130 Å². The zero-order chi connectivity index (χ0) is 16.0. The molecule has 7 nitrogen and oxygen atoms in total. The van der Waals surface area contributed by atoms with Crippen LogP contribution in [-0.4, -0.2) is 68.3 Å². The number of nitrogens with zero attached hydrogens (tertiary/aromatic N) is 3. The summed E-state index contributed by atoms with van der Waals surface area (Å²) in [5.41, 5.74) is 1.30. The minimum atomic E-state index is -0.0945. The molecule has 120 valence electrons. The Morgan fingerprint density at radius 3 is 2.86 bits per heavy atom. The van der Waals surface area contributed by atoms with Crippen LogP contribution in [0, 0.1) is 0 Å². The van der Waals surface area contributed by atoms with Crippen molar-refractivity contribution in [2.75, 3.05) is 46.4 Å². The summed E-state index contributed by atoms with van der Waals surface area (Å²) in [5, 5.41) is 14.5. The Bertz CT molecular complexity index is 554. The fraction of sp³-hybridized carbons (Fsp3) is 0.533. The van der Waals surface area contributed by atoms with Crippen LogP contribution in [0.15, 0.2) is 23.5 Å². The molecular weight excluding hydrogens is 284 g/mol.